The smallest absolute Gasteiger partial charge is 0.311 e. The molecule has 8 heteroatoms. The van der Waals surface area contributed by atoms with Gasteiger partial charge in [0.15, 0.2) is 5.75 Å². The average Bonchev–Trinajstić information content (AvgIpc) is 3.18. The lowest BCUT2D eigenvalue weighted by Crippen LogP contribution is -2.37. The summed E-state index contributed by atoms with van der Waals surface area (Å²) in [6.07, 6.45) is 1.68. The lowest BCUT2D eigenvalue weighted by molar-refractivity contribution is -0.385. The molecule has 1 aliphatic rings. The number of thiazole rings is 1. The predicted octanol–water partition coefficient (Wildman–Crippen LogP) is 4.62. The molecular weight excluding hydrogens is 390 g/mol. The first-order chi connectivity index (χ1) is 14.1. The normalized spacial score (nSPS) is 14.9. The summed E-state index contributed by atoms with van der Waals surface area (Å²) in [6, 6.07) is 12.5. The molecule has 1 amide bonds. The number of nitro groups is 1. The zero-order valence-electron chi connectivity index (χ0n) is 16.0. The molecule has 0 spiro atoms. The van der Waals surface area contributed by atoms with E-state index in [-0.39, 0.29) is 17.3 Å². The molecule has 0 atom stereocenters. The first-order valence-corrected chi connectivity index (χ1v) is 10.4. The van der Waals surface area contributed by atoms with Crippen molar-refractivity contribution >= 4 is 33.1 Å². The number of fused-ring (bicyclic) bond motifs is 1. The molecule has 0 N–H and O–H groups in total. The van der Waals surface area contributed by atoms with Gasteiger partial charge in [-0.1, -0.05) is 12.1 Å². The molecule has 1 aliphatic heterocycles. The fraction of sp³-hybridized carbons (Fsp3) is 0.333. The predicted molar refractivity (Wildman–Crippen MR) is 112 cm³/mol. The van der Waals surface area contributed by atoms with E-state index in [1.807, 2.05) is 18.2 Å². The zero-order valence-corrected chi connectivity index (χ0v) is 16.9. The van der Waals surface area contributed by atoms with Crippen LogP contribution in [-0.2, 0) is 0 Å². The largest absolute Gasteiger partial charge is 0.487 e. The minimum Gasteiger partial charge on any atom is -0.487 e. The standard InChI is InChI=1S/C21H21N3O4S/c1-2-28-18-8-7-15(13-17(18)24(26)27)21(25)23-11-9-14(10-12-23)20-22-16-5-3-4-6-19(16)29-20/h3-8,13-14H,2,9-12H2,1H3. The van der Waals surface area contributed by atoms with Crippen LogP contribution in [0.5, 0.6) is 5.75 Å². The van der Waals surface area contributed by atoms with Gasteiger partial charge in [-0.15, -0.1) is 11.3 Å². The summed E-state index contributed by atoms with van der Waals surface area (Å²) in [5.41, 5.74) is 1.16. The lowest BCUT2D eigenvalue weighted by atomic mass is 9.97. The molecule has 2 heterocycles. The van der Waals surface area contributed by atoms with Gasteiger partial charge in [-0.25, -0.2) is 4.98 Å². The van der Waals surface area contributed by atoms with Gasteiger partial charge in [-0.3, -0.25) is 14.9 Å². The second kappa shape index (κ2) is 8.16. The van der Waals surface area contributed by atoms with Crippen LogP contribution >= 0.6 is 11.3 Å². The second-order valence-corrected chi connectivity index (χ2v) is 8.02. The number of aromatic nitrogens is 1. The molecule has 7 nitrogen and oxygen atoms in total. The highest BCUT2D eigenvalue weighted by molar-refractivity contribution is 7.18. The van der Waals surface area contributed by atoms with Gasteiger partial charge >= 0.3 is 5.69 Å². The number of piperidine rings is 1. The van der Waals surface area contributed by atoms with Gasteiger partial charge in [0.25, 0.3) is 5.91 Å². The summed E-state index contributed by atoms with van der Waals surface area (Å²) in [4.78, 5) is 30.2. The summed E-state index contributed by atoms with van der Waals surface area (Å²) in [5, 5.41) is 12.4. The minimum atomic E-state index is -0.513. The Morgan fingerprint density at radius 1 is 1.28 bits per heavy atom. The molecule has 0 radical (unpaired) electrons. The maximum Gasteiger partial charge on any atom is 0.311 e. The Balaban J connectivity index is 1.46. The van der Waals surface area contributed by atoms with Crippen molar-refractivity contribution in [3.63, 3.8) is 0 Å². The van der Waals surface area contributed by atoms with E-state index in [0.717, 1.165) is 23.4 Å². The number of carbonyl (C=O) groups is 1. The van der Waals surface area contributed by atoms with Crippen LogP contribution < -0.4 is 4.74 Å². The summed E-state index contributed by atoms with van der Waals surface area (Å²) >= 11 is 1.72. The van der Waals surface area contributed by atoms with Gasteiger partial charge in [-0.05, 0) is 44.0 Å². The summed E-state index contributed by atoms with van der Waals surface area (Å²) in [5.74, 6) is 0.341. The first-order valence-electron chi connectivity index (χ1n) is 9.62. The maximum absolute atomic E-state index is 12.9. The first kappa shape index (κ1) is 19.3. The summed E-state index contributed by atoms with van der Waals surface area (Å²) in [6.45, 7) is 3.31. The van der Waals surface area contributed by atoms with Gasteiger partial charge in [0.05, 0.1) is 26.8 Å². The molecule has 0 aliphatic carbocycles. The van der Waals surface area contributed by atoms with Crippen LogP contribution in [0.4, 0.5) is 5.69 Å². The zero-order chi connectivity index (χ0) is 20.4. The fourth-order valence-corrected chi connectivity index (χ4v) is 4.78. The molecule has 1 saturated heterocycles. The van der Waals surface area contributed by atoms with E-state index in [1.165, 1.54) is 16.8 Å². The molecule has 2 aromatic carbocycles. The van der Waals surface area contributed by atoms with E-state index in [2.05, 4.69) is 6.07 Å². The number of nitro benzene ring substituents is 1. The minimum absolute atomic E-state index is 0.179. The van der Waals surface area contributed by atoms with Crippen LogP contribution in [0.1, 0.15) is 41.0 Å². The Bertz CT molecular complexity index is 1020. The molecule has 1 fully saturated rings. The number of nitrogens with zero attached hydrogens (tertiary/aromatic N) is 3. The third kappa shape index (κ3) is 3.93. The molecule has 0 bridgehead atoms. The number of hydrogen-bond acceptors (Lipinski definition) is 6. The molecular formula is C21H21N3O4S. The number of likely N-dealkylation sites (tertiary alicyclic amines) is 1. The van der Waals surface area contributed by atoms with E-state index in [9.17, 15) is 14.9 Å². The van der Waals surface area contributed by atoms with Crippen molar-refractivity contribution in [3.8, 4) is 5.75 Å². The fourth-order valence-electron chi connectivity index (χ4n) is 3.65. The van der Waals surface area contributed by atoms with Gasteiger partial charge in [0, 0.05) is 30.6 Å². The lowest BCUT2D eigenvalue weighted by Gasteiger charge is -2.31. The van der Waals surface area contributed by atoms with Crippen molar-refractivity contribution in [2.24, 2.45) is 0 Å². The molecule has 0 unspecified atom stereocenters. The number of carbonyl (C=O) groups excluding carboxylic acids is 1. The monoisotopic (exact) mass is 411 g/mol. The third-order valence-corrected chi connectivity index (χ3v) is 6.34. The van der Waals surface area contributed by atoms with Gasteiger partial charge in [0.2, 0.25) is 0 Å². The highest BCUT2D eigenvalue weighted by Crippen LogP contribution is 2.34. The van der Waals surface area contributed by atoms with E-state index < -0.39 is 4.92 Å². The Morgan fingerprint density at radius 2 is 2.03 bits per heavy atom. The van der Waals surface area contributed by atoms with Crippen LogP contribution in [0.25, 0.3) is 10.2 Å². The molecule has 4 rings (SSSR count). The van der Waals surface area contributed by atoms with E-state index in [4.69, 9.17) is 9.72 Å². The molecule has 1 aromatic heterocycles. The van der Waals surface area contributed by atoms with Gasteiger partial charge in [0.1, 0.15) is 0 Å². The van der Waals surface area contributed by atoms with Crippen LogP contribution in [0.2, 0.25) is 0 Å². The third-order valence-electron chi connectivity index (χ3n) is 5.14. The number of rotatable bonds is 5. The van der Waals surface area contributed by atoms with Crippen molar-refractivity contribution < 1.29 is 14.5 Å². The number of para-hydroxylation sites is 1. The summed E-state index contributed by atoms with van der Waals surface area (Å²) < 4.78 is 6.48. The number of benzene rings is 2. The number of ether oxygens (including phenoxy) is 1. The second-order valence-electron chi connectivity index (χ2n) is 6.96. The van der Waals surface area contributed by atoms with Crippen LogP contribution in [0.15, 0.2) is 42.5 Å². The highest BCUT2D eigenvalue weighted by atomic mass is 32.1. The van der Waals surface area contributed by atoms with Crippen molar-refractivity contribution in [2.45, 2.75) is 25.7 Å². The highest BCUT2D eigenvalue weighted by Gasteiger charge is 2.28. The van der Waals surface area contributed by atoms with E-state index >= 15 is 0 Å². The Kier molecular flexibility index (Phi) is 5.44. The topological polar surface area (TPSA) is 85.6 Å². The van der Waals surface area contributed by atoms with Crippen molar-refractivity contribution in [1.29, 1.82) is 0 Å². The Morgan fingerprint density at radius 3 is 2.72 bits per heavy atom. The maximum atomic E-state index is 12.9. The van der Waals surface area contributed by atoms with Crippen molar-refractivity contribution in [1.82, 2.24) is 9.88 Å². The van der Waals surface area contributed by atoms with E-state index in [1.54, 1.807) is 29.2 Å². The SMILES string of the molecule is CCOc1ccc(C(=O)N2CCC(c3nc4ccccc4s3)CC2)cc1[N+](=O)[O-]. The Labute approximate surface area is 172 Å². The van der Waals surface area contributed by atoms with Crippen molar-refractivity contribution in [2.75, 3.05) is 19.7 Å². The summed E-state index contributed by atoms with van der Waals surface area (Å²) in [7, 11) is 0. The molecule has 150 valence electrons. The number of hydrogen-bond donors (Lipinski definition) is 0. The Hall–Kier alpha value is -3.00. The van der Waals surface area contributed by atoms with Gasteiger partial charge < -0.3 is 9.64 Å². The average molecular weight is 411 g/mol. The molecule has 3 aromatic rings. The van der Waals surface area contributed by atoms with Crippen LogP contribution in [0, 0.1) is 10.1 Å². The van der Waals surface area contributed by atoms with E-state index in [0.29, 0.717) is 31.2 Å². The van der Waals surface area contributed by atoms with Crippen LogP contribution in [-0.4, -0.2) is 40.4 Å². The quantitative estimate of drug-likeness (QED) is 0.452. The molecule has 0 saturated carbocycles. The van der Waals surface area contributed by atoms with Crippen molar-refractivity contribution in [3.05, 3.63) is 63.1 Å². The van der Waals surface area contributed by atoms with Gasteiger partial charge in [-0.2, -0.15) is 0 Å². The number of amides is 1. The van der Waals surface area contributed by atoms with Crippen LogP contribution in [0.3, 0.4) is 0 Å². The molecule has 29 heavy (non-hydrogen) atoms.